The van der Waals surface area contributed by atoms with E-state index in [1.54, 1.807) is 32.7 Å². The summed E-state index contributed by atoms with van der Waals surface area (Å²) < 4.78 is 5.57. The number of aliphatic hydroxyl groups is 1. The van der Waals surface area contributed by atoms with Gasteiger partial charge in [0.1, 0.15) is 5.75 Å². The Balaban J connectivity index is 2.21. The molecule has 0 aliphatic carbocycles. The average molecular weight is 263 g/mol. The predicted octanol–water partition coefficient (Wildman–Crippen LogP) is 2.13. The van der Waals surface area contributed by atoms with Crippen LogP contribution in [0.1, 0.15) is 32.8 Å². The second-order valence-corrected chi connectivity index (χ2v) is 5.77. The summed E-state index contributed by atoms with van der Waals surface area (Å²) in [5, 5.41) is 9.76. The number of benzene rings is 1. The van der Waals surface area contributed by atoms with E-state index in [-0.39, 0.29) is 5.91 Å². The van der Waals surface area contributed by atoms with Gasteiger partial charge in [-0.05, 0) is 51.3 Å². The molecule has 1 aromatic carbocycles. The maximum atomic E-state index is 11.9. The number of amides is 1. The third kappa shape index (κ3) is 3.07. The highest BCUT2D eigenvalue weighted by Gasteiger charge is 2.28. The summed E-state index contributed by atoms with van der Waals surface area (Å²) in [4.78, 5) is 13.5. The molecule has 1 N–H and O–H groups in total. The van der Waals surface area contributed by atoms with Crippen LogP contribution >= 0.6 is 0 Å². The van der Waals surface area contributed by atoms with E-state index in [0.29, 0.717) is 6.42 Å². The molecule has 0 spiro atoms. The first-order valence-electron chi connectivity index (χ1n) is 6.57. The number of carbonyl (C=O) groups is 1. The topological polar surface area (TPSA) is 49.8 Å². The fraction of sp³-hybridized carbons (Fsp3) is 0.533. The van der Waals surface area contributed by atoms with Crippen molar-refractivity contribution in [1.82, 2.24) is 0 Å². The van der Waals surface area contributed by atoms with Crippen LogP contribution in [0.15, 0.2) is 18.2 Å². The van der Waals surface area contributed by atoms with E-state index >= 15 is 0 Å². The zero-order chi connectivity index (χ0) is 14.2. The molecule has 2 rings (SSSR count). The fourth-order valence-corrected chi connectivity index (χ4v) is 2.16. The predicted molar refractivity (Wildman–Crippen MR) is 74.6 cm³/mol. The zero-order valence-corrected chi connectivity index (χ0v) is 11.9. The van der Waals surface area contributed by atoms with Crippen LogP contribution in [0.3, 0.4) is 0 Å². The van der Waals surface area contributed by atoms with Crippen LogP contribution in [0, 0.1) is 0 Å². The summed E-state index contributed by atoms with van der Waals surface area (Å²) in [6.45, 7) is 5.35. The number of carbonyl (C=O) groups excluding carboxylic acids is 1. The number of anilines is 1. The maximum absolute atomic E-state index is 11.9. The van der Waals surface area contributed by atoms with Gasteiger partial charge in [-0.25, -0.2) is 0 Å². The Morgan fingerprint density at radius 2 is 2.11 bits per heavy atom. The van der Waals surface area contributed by atoms with E-state index < -0.39 is 11.7 Å². The Morgan fingerprint density at radius 3 is 2.74 bits per heavy atom. The van der Waals surface area contributed by atoms with Crippen molar-refractivity contribution < 1.29 is 14.6 Å². The van der Waals surface area contributed by atoms with Gasteiger partial charge in [-0.3, -0.25) is 4.79 Å². The van der Waals surface area contributed by atoms with Gasteiger partial charge in [-0.15, -0.1) is 0 Å². The lowest BCUT2D eigenvalue weighted by atomic mass is 9.98. The lowest BCUT2D eigenvalue weighted by Crippen LogP contribution is -2.42. The Bertz CT molecular complexity index is 491. The van der Waals surface area contributed by atoms with Gasteiger partial charge in [-0.2, -0.15) is 0 Å². The second-order valence-electron chi connectivity index (χ2n) is 5.77. The summed E-state index contributed by atoms with van der Waals surface area (Å²) in [7, 11) is 1.76. The van der Waals surface area contributed by atoms with E-state index in [4.69, 9.17) is 4.74 Å². The summed E-state index contributed by atoms with van der Waals surface area (Å²) in [6, 6.07) is 5.85. The Kier molecular flexibility index (Phi) is 3.54. The molecule has 19 heavy (non-hydrogen) atoms. The van der Waals surface area contributed by atoms with Gasteiger partial charge < -0.3 is 14.7 Å². The van der Waals surface area contributed by atoms with Gasteiger partial charge in [0, 0.05) is 7.05 Å². The van der Waals surface area contributed by atoms with Crippen LogP contribution in [-0.2, 0) is 11.2 Å². The standard InChI is InChI=1S/C15H21NO3/c1-10-14(17)16(4)12-9-11(5-6-13(12)19-10)7-8-15(2,3)18/h5-6,9-10,18H,7-8H2,1-4H3. The number of rotatable bonds is 3. The van der Waals surface area contributed by atoms with E-state index in [1.807, 2.05) is 18.2 Å². The van der Waals surface area contributed by atoms with Crippen molar-refractivity contribution in [1.29, 1.82) is 0 Å². The SMILES string of the molecule is CC1Oc2ccc(CCC(C)(C)O)cc2N(C)C1=O. The summed E-state index contributed by atoms with van der Waals surface area (Å²) in [6.07, 6.45) is 1.02. The first kappa shape index (κ1) is 13.9. The van der Waals surface area contributed by atoms with Crippen molar-refractivity contribution in [3.05, 3.63) is 23.8 Å². The van der Waals surface area contributed by atoms with Crippen molar-refractivity contribution >= 4 is 11.6 Å². The molecule has 4 heteroatoms. The molecule has 0 fully saturated rings. The Morgan fingerprint density at radius 1 is 1.42 bits per heavy atom. The van der Waals surface area contributed by atoms with E-state index in [0.717, 1.165) is 23.4 Å². The molecule has 0 saturated carbocycles. The molecule has 104 valence electrons. The Labute approximate surface area is 114 Å². The molecule has 1 aromatic rings. The molecular formula is C15H21NO3. The van der Waals surface area contributed by atoms with E-state index in [1.165, 1.54) is 0 Å². The van der Waals surface area contributed by atoms with Crippen LogP contribution < -0.4 is 9.64 Å². The highest BCUT2D eigenvalue weighted by molar-refractivity contribution is 5.99. The minimum Gasteiger partial charge on any atom is -0.479 e. The molecular weight excluding hydrogens is 242 g/mol. The summed E-state index contributed by atoms with van der Waals surface area (Å²) in [5.41, 5.74) is 1.22. The number of likely N-dealkylation sites (N-methyl/N-ethyl adjacent to an activating group) is 1. The fourth-order valence-electron chi connectivity index (χ4n) is 2.16. The first-order valence-corrected chi connectivity index (χ1v) is 6.57. The van der Waals surface area contributed by atoms with Crippen LogP contribution in [-0.4, -0.2) is 29.8 Å². The van der Waals surface area contributed by atoms with Crippen molar-refractivity contribution in [2.75, 3.05) is 11.9 Å². The van der Waals surface area contributed by atoms with Gasteiger partial charge in [0.2, 0.25) is 0 Å². The van der Waals surface area contributed by atoms with Crippen LogP contribution in [0.2, 0.25) is 0 Å². The normalized spacial score (nSPS) is 19.1. The van der Waals surface area contributed by atoms with Crippen LogP contribution in [0.5, 0.6) is 5.75 Å². The quantitative estimate of drug-likeness (QED) is 0.909. The third-order valence-electron chi connectivity index (χ3n) is 3.39. The molecule has 0 bridgehead atoms. The number of hydrogen-bond acceptors (Lipinski definition) is 3. The second kappa shape index (κ2) is 4.85. The lowest BCUT2D eigenvalue weighted by Gasteiger charge is -2.30. The number of aryl methyl sites for hydroxylation is 1. The van der Waals surface area contributed by atoms with E-state index in [2.05, 4.69) is 0 Å². The van der Waals surface area contributed by atoms with Crippen LogP contribution in [0.4, 0.5) is 5.69 Å². The molecule has 0 saturated heterocycles. The molecule has 1 unspecified atom stereocenters. The molecule has 4 nitrogen and oxygen atoms in total. The largest absolute Gasteiger partial charge is 0.479 e. The minimum absolute atomic E-state index is 0.0351. The molecule has 1 atom stereocenters. The molecule has 0 radical (unpaired) electrons. The van der Waals surface area contributed by atoms with Crippen molar-refractivity contribution in [2.45, 2.75) is 45.3 Å². The third-order valence-corrected chi connectivity index (χ3v) is 3.39. The number of fused-ring (bicyclic) bond motifs is 1. The summed E-state index contributed by atoms with van der Waals surface area (Å²) >= 11 is 0. The van der Waals surface area contributed by atoms with Gasteiger partial charge in [0.05, 0.1) is 11.3 Å². The number of ether oxygens (including phenoxy) is 1. The Hall–Kier alpha value is -1.55. The van der Waals surface area contributed by atoms with Crippen molar-refractivity contribution in [3.8, 4) is 5.75 Å². The van der Waals surface area contributed by atoms with Gasteiger partial charge in [-0.1, -0.05) is 6.07 Å². The van der Waals surface area contributed by atoms with Gasteiger partial charge >= 0.3 is 0 Å². The van der Waals surface area contributed by atoms with Crippen LogP contribution in [0.25, 0.3) is 0 Å². The molecule has 1 aliphatic heterocycles. The molecule has 1 amide bonds. The average Bonchev–Trinajstić information content (AvgIpc) is 2.33. The van der Waals surface area contributed by atoms with Crippen molar-refractivity contribution in [3.63, 3.8) is 0 Å². The molecule has 1 aliphatic rings. The lowest BCUT2D eigenvalue weighted by molar-refractivity contribution is -0.125. The maximum Gasteiger partial charge on any atom is 0.267 e. The van der Waals surface area contributed by atoms with Crippen molar-refractivity contribution in [2.24, 2.45) is 0 Å². The minimum atomic E-state index is -0.678. The van der Waals surface area contributed by atoms with Gasteiger partial charge in [0.25, 0.3) is 5.91 Å². The zero-order valence-electron chi connectivity index (χ0n) is 11.9. The molecule has 1 heterocycles. The first-order chi connectivity index (χ1) is 8.78. The number of hydrogen-bond donors (Lipinski definition) is 1. The highest BCUT2D eigenvalue weighted by Crippen LogP contribution is 2.34. The summed E-state index contributed by atoms with van der Waals surface area (Å²) in [5.74, 6) is 0.703. The highest BCUT2D eigenvalue weighted by atomic mass is 16.5. The molecule has 0 aromatic heterocycles. The van der Waals surface area contributed by atoms with Gasteiger partial charge in [0.15, 0.2) is 6.10 Å². The van der Waals surface area contributed by atoms with E-state index in [9.17, 15) is 9.90 Å². The monoisotopic (exact) mass is 263 g/mol. The number of nitrogens with zero attached hydrogens (tertiary/aromatic N) is 1. The smallest absolute Gasteiger partial charge is 0.267 e.